The van der Waals surface area contributed by atoms with Crippen LogP contribution in [0.4, 0.5) is 22.2 Å². The largest absolute Gasteiger partial charge is 0.497 e. The second kappa shape index (κ2) is 9.75. The van der Waals surface area contributed by atoms with Gasteiger partial charge in [-0.05, 0) is 36.4 Å². The van der Waals surface area contributed by atoms with Crippen LogP contribution in [0.1, 0.15) is 6.92 Å². The van der Waals surface area contributed by atoms with Crippen LogP contribution in [0.25, 0.3) is 10.9 Å². The minimum Gasteiger partial charge on any atom is -0.497 e. The van der Waals surface area contributed by atoms with Crippen molar-refractivity contribution < 1.29 is 19.1 Å². The van der Waals surface area contributed by atoms with Crippen molar-refractivity contribution in [1.82, 2.24) is 15.3 Å². The Balaban J connectivity index is 2.00. The van der Waals surface area contributed by atoms with E-state index in [4.69, 9.17) is 9.72 Å². The minimum absolute atomic E-state index is 0.200. The fourth-order valence-electron chi connectivity index (χ4n) is 3.09. The highest BCUT2D eigenvalue weighted by molar-refractivity contribution is 5.95. The molecule has 0 aliphatic carbocycles. The number of hydrogen-bond donors (Lipinski definition) is 1. The van der Waals surface area contributed by atoms with Gasteiger partial charge in [-0.3, -0.25) is 9.69 Å². The van der Waals surface area contributed by atoms with E-state index in [9.17, 15) is 9.59 Å². The van der Waals surface area contributed by atoms with E-state index in [1.54, 1.807) is 7.11 Å². The molecular formula is C22H25N5O4. The van der Waals surface area contributed by atoms with Gasteiger partial charge in [0.2, 0.25) is 11.9 Å². The summed E-state index contributed by atoms with van der Waals surface area (Å²) in [6, 6.07) is 15.2. The molecule has 0 aliphatic heterocycles. The maximum absolute atomic E-state index is 12.3. The number of nitrogens with one attached hydrogen (secondary N) is 1. The van der Waals surface area contributed by atoms with Crippen LogP contribution in [0.15, 0.2) is 48.5 Å². The van der Waals surface area contributed by atoms with E-state index in [1.165, 1.54) is 18.9 Å². The normalized spacial score (nSPS) is 10.5. The Labute approximate surface area is 180 Å². The first-order chi connectivity index (χ1) is 14.9. The minimum atomic E-state index is -0.567. The number of hydrogen-bond acceptors (Lipinski definition) is 7. The molecule has 9 nitrogen and oxygen atoms in total. The SMILES string of the molecule is COC(=O)NCCN(C(C)=O)c1nc(N(C)c2ccc(OC)cc2)c2ccccc2n1. The van der Waals surface area contributed by atoms with Crippen LogP contribution in [0.2, 0.25) is 0 Å². The number of ether oxygens (including phenoxy) is 2. The van der Waals surface area contributed by atoms with Crippen molar-refractivity contribution in [2.75, 3.05) is 44.2 Å². The number of amides is 2. The highest BCUT2D eigenvalue weighted by Gasteiger charge is 2.19. The molecule has 0 fully saturated rings. The number of benzene rings is 2. The number of anilines is 3. The van der Waals surface area contributed by atoms with Crippen LogP contribution < -0.4 is 19.9 Å². The molecule has 0 bridgehead atoms. The molecule has 2 amide bonds. The molecule has 1 N–H and O–H groups in total. The van der Waals surface area contributed by atoms with E-state index in [1.807, 2.05) is 60.5 Å². The van der Waals surface area contributed by atoms with E-state index >= 15 is 0 Å². The van der Waals surface area contributed by atoms with E-state index in [0.717, 1.165) is 16.8 Å². The lowest BCUT2D eigenvalue weighted by Crippen LogP contribution is -2.38. The van der Waals surface area contributed by atoms with Crippen molar-refractivity contribution in [3.05, 3.63) is 48.5 Å². The van der Waals surface area contributed by atoms with E-state index in [2.05, 4.69) is 15.0 Å². The van der Waals surface area contributed by atoms with Crippen LogP contribution in [-0.2, 0) is 9.53 Å². The summed E-state index contributed by atoms with van der Waals surface area (Å²) in [6.07, 6.45) is -0.567. The molecule has 0 radical (unpaired) electrons. The van der Waals surface area contributed by atoms with E-state index in [0.29, 0.717) is 11.3 Å². The predicted molar refractivity (Wildman–Crippen MR) is 119 cm³/mol. The quantitative estimate of drug-likeness (QED) is 0.624. The molecule has 0 saturated heterocycles. The molecule has 0 saturated carbocycles. The van der Waals surface area contributed by atoms with Crippen molar-refractivity contribution in [2.45, 2.75) is 6.92 Å². The lowest BCUT2D eigenvalue weighted by molar-refractivity contribution is -0.116. The molecule has 1 heterocycles. The van der Waals surface area contributed by atoms with E-state index < -0.39 is 6.09 Å². The first-order valence-corrected chi connectivity index (χ1v) is 9.69. The molecule has 0 spiro atoms. The van der Waals surface area contributed by atoms with Gasteiger partial charge in [0.1, 0.15) is 11.6 Å². The van der Waals surface area contributed by atoms with Crippen molar-refractivity contribution in [2.24, 2.45) is 0 Å². The second-order valence-corrected chi connectivity index (χ2v) is 6.71. The summed E-state index contributed by atoms with van der Waals surface area (Å²) in [4.78, 5) is 36.3. The van der Waals surface area contributed by atoms with Gasteiger partial charge in [-0.15, -0.1) is 0 Å². The smallest absolute Gasteiger partial charge is 0.406 e. The molecule has 9 heteroatoms. The predicted octanol–water partition coefficient (Wildman–Crippen LogP) is 3.12. The van der Waals surface area contributed by atoms with Gasteiger partial charge in [0.25, 0.3) is 0 Å². The number of nitrogens with zero attached hydrogens (tertiary/aromatic N) is 4. The summed E-state index contributed by atoms with van der Waals surface area (Å²) in [5.41, 5.74) is 1.60. The van der Waals surface area contributed by atoms with Crippen LogP contribution in [0, 0.1) is 0 Å². The van der Waals surface area contributed by atoms with Crippen LogP contribution in [0.3, 0.4) is 0 Å². The van der Waals surface area contributed by atoms with Crippen molar-refractivity contribution >= 4 is 40.4 Å². The Kier molecular flexibility index (Phi) is 6.86. The van der Waals surface area contributed by atoms with Gasteiger partial charge in [-0.25, -0.2) is 9.78 Å². The maximum Gasteiger partial charge on any atom is 0.406 e. The summed E-state index contributed by atoms with van der Waals surface area (Å²) < 4.78 is 9.81. The summed E-state index contributed by atoms with van der Waals surface area (Å²) >= 11 is 0. The maximum atomic E-state index is 12.3. The lowest BCUT2D eigenvalue weighted by Gasteiger charge is -2.24. The van der Waals surface area contributed by atoms with Crippen molar-refractivity contribution in [3.8, 4) is 5.75 Å². The number of alkyl carbamates (subject to hydrolysis) is 1. The Morgan fingerprint density at radius 2 is 1.74 bits per heavy atom. The topological polar surface area (TPSA) is 96.9 Å². The zero-order valence-corrected chi connectivity index (χ0v) is 18.0. The molecule has 0 unspecified atom stereocenters. The number of methoxy groups -OCH3 is 2. The van der Waals surface area contributed by atoms with E-state index in [-0.39, 0.29) is 24.9 Å². The number of aromatic nitrogens is 2. The summed E-state index contributed by atoms with van der Waals surface area (Å²) in [5, 5.41) is 3.41. The van der Waals surface area contributed by atoms with Gasteiger partial charge >= 0.3 is 6.09 Å². The Morgan fingerprint density at radius 3 is 2.39 bits per heavy atom. The molecule has 0 atom stereocenters. The monoisotopic (exact) mass is 423 g/mol. The zero-order chi connectivity index (χ0) is 22.4. The van der Waals surface area contributed by atoms with Crippen LogP contribution in [0.5, 0.6) is 5.75 Å². The number of carbonyl (C=O) groups excluding carboxylic acids is 2. The number of rotatable bonds is 7. The average Bonchev–Trinajstić information content (AvgIpc) is 2.80. The Hall–Kier alpha value is -3.88. The Bertz CT molecular complexity index is 1070. The van der Waals surface area contributed by atoms with Crippen LogP contribution in [-0.4, -0.2) is 56.3 Å². The standard InChI is InChI=1S/C22H25N5O4/c1-15(28)27(14-13-23-22(29)31-4)21-24-19-8-6-5-7-18(19)20(25-21)26(2)16-9-11-17(30-3)12-10-16/h5-12H,13-14H2,1-4H3,(H,23,29). The molecule has 31 heavy (non-hydrogen) atoms. The summed E-state index contributed by atoms with van der Waals surface area (Å²) in [5.74, 6) is 1.43. The highest BCUT2D eigenvalue weighted by Crippen LogP contribution is 2.31. The van der Waals surface area contributed by atoms with Gasteiger partial charge in [0, 0.05) is 38.1 Å². The first kappa shape index (κ1) is 21.8. The van der Waals surface area contributed by atoms with Gasteiger partial charge < -0.3 is 19.7 Å². The van der Waals surface area contributed by atoms with Gasteiger partial charge in [0.15, 0.2) is 0 Å². The third-order valence-corrected chi connectivity index (χ3v) is 4.76. The highest BCUT2D eigenvalue weighted by atomic mass is 16.5. The zero-order valence-electron chi connectivity index (χ0n) is 18.0. The molecule has 0 aliphatic rings. The average molecular weight is 423 g/mol. The fraction of sp³-hybridized carbons (Fsp3) is 0.273. The number of para-hydroxylation sites is 1. The van der Waals surface area contributed by atoms with Crippen molar-refractivity contribution in [1.29, 1.82) is 0 Å². The van der Waals surface area contributed by atoms with Gasteiger partial charge in [-0.1, -0.05) is 12.1 Å². The Morgan fingerprint density at radius 1 is 1.03 bits per heavy atom. The fourth-order valence-corrected chi connectivity index (χ4v) is 3.09. The molecule has 162 valence electrons. The summed E-state index contributed by atoms with van der Waals surface area (Å²) in [6.45, 7) is 1.84. The number of fused-ring (bicyclic) bond motifs is 1. The third kappa shape index (κ3) is 5.00. The van der Waals surface area contributed by atoms with Gasteiger partial charge in [-0.2, -0.15) is 4.98 Å². The molecule has 2 aromatic carbocycles. The molecule has 1 aromatic heterocycles. The van der Waals surface area contributed by atoms with Crippen LogP contribution >= 0.6 is 0 Å². The first-order valence-electron chi connectivity index (χ1n) is 9.69. The summed E-state index contributed by atoms with van der Waals surface area (Å²) in [7, 11) is 4.80. The number of carbonyl (C=O) groups is 2. The second-order valence-electron chi connectivity index (χ2n) is 6.71. The third-order valence-electron chi connectivity index (χ3n) is 4.76. The lowest BCUT2D eigenvalue weighted by atomic mass is 10.2. The van der Waals surface area contributed by atoms with Gasteiger partial charge in [0.05, 0.1) is 19.7 Å². The molecule has 3 aromatic rings. The van der Waals surface area contributed by atoms with Crippen molar-refractivity contribution in [3.63, 3.8) is 0 Å². The molecular weight excluding hydrogens is 398 g/mol. The molecule has 3 rings (SSSR count).